The Hall–Kier alpha value is -1.27. The van der Waals surface area contributed by atoms with Crippen molar-refractivity contribution in [2.24, 2.45) is 0 Å². The van der Waals surface area contributed by atoms with Gasteiger partial charge in [-0.25, -0.2) is 8.78 Å². The summed E-state index contributed by atoms with van der Waals surface area (Å²) in [5.74, 6) is -1.74. The molecule has 2 aromatic rings. The summed E-state index contributed by atoms with van der Waals surface area (Å²) in [6, 6.07) is 6.21. The summed E-state index contributed by atoms with van der Waals surface area (Å²) < 4.78 is 26.9. The van der Waals surface area contributed by atoms with Crippen LogP contribution < -0.4 is 5.32 Å². The molecule has 6 heteroatoms. The first-order valence-corrected chi connectivity index (χ1v) is 6.19. The molecule has 0 spiro atoms. The third kappa shape index (κ3) is 2.89. The van der Waals surface area contributed by atoms with Gasteiger partial charge in [-0.1, -0.05) is 0 Å². The summed E-state index contributed by atoms with van der Waals surface area (Å²) in [4.78, 5) is 12.1. The van der Waals surface area contributed by atoms with Crippen molar-refractivity contribution < 1.29 is 13.6 Å². The largest absolute Gasteiger partial charge is 0.319 e. The lowest BCUT2D eigenvalue weighted by molar-refractivity contribution is 0.103. The van der Waals surface area contributed by atoms with Gasteiger partial charge in [0, 0.05) is 6.07 Å². The Balaban J connectivity index is 2.21. The molecule has 0 saturated heterocycles. The van der Waals surface area contributed by atoms with Gasteiger partial charge in [-0.05, 0) is 40.2 Å². The molecule has 1 heterocycles. The zero-order chi connectivity index (χ0) is 12.4. The zero-order valence-electron chi connectivity index (χ0n) is 8.34. The molecule has 17 heavy (non-hydrogen) atoms. The minimum absolute atomic E-state index is 0.167. The van der Waals surface area contributed by atoms with E-state index in [2.05, 4.69) is 21.2 Å². The molecule has 1 aromatic carbocycles. The maximum atomic E-state index is 13.3. The van der Waals surface area contributed by atoms with E-state index in [-0.39, 0.29) is 5.69 Å². The first-order chi connectivity index (χ1) is 8.06. The van der Waals surface area contributed by atoms with E-state index in [0.717, 1.165) is 22.0 Å². The van der Waals surface area contributed by atoms with Crippen LogP contribution in [0.4, 0.5) is 14.5 Å². The molecule has 1 amide bonds. The number of hydrogen-bond acceptors (Lipinski definition) is 2. The number of carbonyl (C=O) groups excluding carboxylic acids is 1. The summed E-state index contributed by atoms with van der Waals surface area (Å²) >= 11 is 4.43. The van der Waals surface area contributed by atoms with Gasteiger partial charge in [-0.15, -0.1) is 11.3 Å². The Kier molecular flexibility index (Phi) is 3.54. The Bertz CT molecular complexity index is 570. The summed E-state index contributed by atoms with van der Waals surface area (Å²) in [6.07, 6.45) is 0. The third-order valence-electron chi connectivity index (χ3n) is 1.97. The van der Waals surface area contributed by atoms with Crippen molar-refractivity contribution in [1.82, 2.24) is 0 Å². The van der Waals surface area contributed by atoms with Crippen LogP contribution in [0.5, 0.6) is 0 Å². The highest BCUT2D eigenvalue weighted by molar-refractivity contribution is 9.11. The van der Waals surface area contributed by atoms with E-state index in [1.54, 1.807) is 12.1 Å². The SMILES string of the molecule is O=C(Nc1cc(F)ccc1F)c1ccc(Br)s1. The van der Waals surface area contributed by atoms with Gasteiger partial charge in [-0.2, -0.15) is 0 Å². The van der Waals surface area contributed by atoms with Crippen LogP contribution in [-0.2, 0) is 0 Å². The molecule has 0 aliphatic heterocycles. The number of carbonyl (C=O) groups is 1. The molecular weight excluding hydrogens is 312 g/mol. The first-order valence-electron chi connectivity index (χ1n) is 4.58. The number of amides is 1. The molecule has 0 aliphatic carbocycles. The Morgan fingerprint density at radius 3 is 2.65 bits per heavy atom. The highest BCUT2D eigenvalue weighted by atomic mass is 79.9. The molecule has 0 aliphatic rings. The van der Waals surface area contributed by atoms with E-state index in [4.69, 9.17) is 0 Å². The van der Waals surface area contributed by atoms with Crippen LogP contribution in [0.1, 0.15) is 9.67 Å². The molecule has 0 bridgehead atoms. The van der Waals surface area contributed by atoms with Crippen LogP contribution in [0.2, 0.25) is 0 Å². The molecule has 1 aromatic heterocycles. The maximum Gasteiger partial charge on any atom is 0.265 e. The fourth-order valence-corrected chi connectivity index (χ4v) is 2.49. The number of rotatable bonds is 2. The van der Waals surface area contributed by atoms with Crippen molar-refractivity contribution in [3.63, 3.8) is 0 Å². The lowest BCUT2D eigenvalue weighted by atomic mass is 10.3. The molecule has 1 N–H and O–H groups in total. The molecule has 2 rings (SSSR count). The summed E-state index contributed by atoms with van der Waals surface area (Å²) in [5, 5.41) is 2.32. The molecule has 0 radical (unpaired) electrons. The van der Waals surface area contributed by atoms with Crippen molar-refractivity contribution in [2.45, 2.75) is 0 Å². The van der Waals surface area contributed by atoms with E-state index in [0.29, 0.717) is 4.88 Å². The van der Waals surface area contributed by atoms with Crippen molar-refractivity contribution in [3.8, 4) is 0 Å². The fourth-order valence-electron chi connectivity index (χ4n) is 1.21. The van der Waals surface area contributed by atoms with Crippen LogP contribution in [-0.4, -0.2) is 5.91 Å². The van der Waals surface area contributed by atoms with Gasteiger partial charge in [0.05, 0.1) is 14.4 Å². The number of benzene rings is 1. The van der Waals surface area contributed by atoms with Gasteiger partial charge in [0.25, 0.3) is 5.91 Å². The second kappa shape index (κ2) is 4.93. The minimum Gasteiger partial charge on any atom is -0.319 e. The number of halogens is 3. The van der Waals surface area contributed by atoms with E-state index >= 15 is 0 Å². The van der Waals surface area contributed by atoms with E-state index in [9.17, 15) is 13.6 Å². The number of thiophene rings is 1. The van der Waals surface area contributed by atoms with Gasteiger partial charge in [0.2, 0.25) is 0 Å². The maximum absolute atomic E-state index is 13.3. The van der Waals surface area contributed by atoms with Gasteiger partial charge in [0.1, 0.15) is 11.6 Å². The highest BCUT2D eigenvalue weighted by Crippen LogP contribution is 2.23. The zero-order valence-corrected chi connectivity index (χ0v) is 10.7. The smallest absolute Gasteiger partial charge is 0.265 e. The number of hydrogen-bond donors (Lipinski definition) is 1. The molecule has 0 atom stereocenters. The molecule has 2 nitrogen and oxygen atoms in total. The molecular formula is C11H6BrF2NOS. The summed E-state index contributed by atoms with van der Waals surface area (Å²) in [5.41, 5.74) is -0.167. The predicted molar refractivity (Wildman–Crippen MR) is 66.3 cm³/mol. The molecule has 88 valence electrons. The van der Waals surface area contributed by atoms with Crippen LogP contribution >= 0.6 is 27.3 Å². The van der Waals surface area contributed by atoms with E-state index in [1.807, 2.05) is 0 Å². The van der Waals surface area contributed by atoms with Crippen molar-refractivity contribution in [3.05, 3.63) is 50.6 Å². The Labute approximate surface area is 108 Å². The fraction of sp³-hybridized carbons (Fsp3) is 0. The van der Waals surface area contributed by atoms with Crippen LogP contribution in [0.3, 0.4) is 0 Å². The summed E-state index contributed by atoms with van der Waals surface area (Å²) in [7, 11) is 0. The van der Waals surface area contributed by atoms with Gasteiger partial charge in [-0.3, -0.25) is 4.79 Å². The first kappa shape index (κ1) is 12.2. The second-order valence-electron chi connectivity index (χ2n) is 3.18. The second-order valence-corrected chi connectivity index (χ2v) is 5.65. The van der Waals surface area contributed by atoms with Gasteiger partial charge < -0.3 is 5.32 Å². The lowest BCUT2D eigenvalue weighted by Gasteiger charge is -2.04. The Morgan fingerprint density at radius 2 is 2.00 bits per heavy atom. The molecule has 0 unspecified atom stereocenters. The average Bonchev–Trinajstić information content (AvgIpc) is 2.70. The Morgan fingerprint density at radius 1 is 1.24 bits per heavy atom. The van der Waals surface area contributed by atoms with Crippen molar-refractivity contribution >= 4 is 38.9 Å². The van der Waals surface area contributed by atoms with Crippen molar-refractivity contribution in [1.29, 1.82) is 0 Å². The normalized spacial score (nSPS) is 10.3. The number of anilines is 1. The van der Waals surface area contributed by atoms with Crippen LogP contribution in [0.25, 0.3) is 0 Å². The quantitative estimate of drug-likeness (QED) is 0.889. The topological polar surface area (TPSA) is 29.1 Å². The van der Waals surface area contributed by atoms with Gasteiger partial charge >= 0.3 is 0 Å². The number of nitrogens with one attached hydrogen (secondary N) is 1. The lowest BCUT2D eigenvalue weighted by Crippen LogP contribution is -2.11. The standard InChI is InChI=1S/C11H6BrF2NOS/c12-10-4-3-9(17-10)11(16)15-8-5-6(13)1-2-7(8)14/h1-5H,(H,15,16). The molecule has 0 fully saturated rings. The monoisotopic (exact) mass is 317 g/mol. The van der Waals surface area contributed by atoms with Crippen molar-refractivity contribution in [2.75, 3.05) is 5.32 Å². The summed E-state index contributed by atoms with van der Waals surface area (Å²) in [6.45, 7) is 0. The third-order valence-corrected chi connectivity index (χ3v) is 3.60. The van der Waals surface area contributed by atoms with Crippen LogP contribution in [0.15, 0.2) is 34.1 Å². The van der Waals surface area contributed by atoms with E-state index < -0.39 is 17.5 Å². The van der Waals surface area contributed by atoms with Gasteiger partial charge in [0.15, 0.2) is 0 Å². The predicted octanol–water partition coefficient (Wildman–Crippen LogP) is 4.04. The van der Waals surface area contributed by atoms with E-state index in [1.165, 1.54) is 11.3 Å². The minimum atomic E-state index is -0.671. The average molecular weight is 318 g/mol. The molecule has 0 saturated carbocycles. The van der Waals surface area contributed by atoms with Crippen LogP contribution in [0, 0.1) is 11.6 Å². The highest BCUT2D eigenvalue weighted by Gasteiger charge is 2.11.